The van der Waals surface area contributed by atoms with E-state index < -0.39 is 19.5 Å². The molecule has 3 unspecified atom stereocenters. The topological polar surface area (TPSA) is 97.3 Å². The van der Waals surface area contributed by atoms with E-state index in [4.69, 9.17) is 14.0 Å². The van der Waals surface area contributed by atoms with E-state index in [0.29, 0.717) is 17.8 Å². The maximum absolute atomic E-state index is 14.0. The highest BCUT2D eigenvalue weighted by atomic mass is 31.2. The number of hydrogen-bond donors (Lipinski definition) is 2. The van der Waals surface area contributed by atoms with Gasteiger partial charge in [-0.2, -0.15) is 0 Å². The normalized spacial score (nSPS) is 15.0. The monoisotopic (exact) mass is 562 g/mol. The predicted octanol–water partition coefficient (Wildman–Crippen LogP) is 5.93. The third-order valence-corrected chi connectivity index (χ3v) is 8.35. The Morgan fingerprint density at radius 2 is 1.64 bits per heavy atom. The molecule has 0 aliphatic rings. The van der Waals surface area contributed by atoms with Gasteiger partial charge in [0.05, 0.1) is 12.7 Å². The van der Waals surface area contributed by atoms with Crippen molar-refractivity contribution in [2.45, 2.75) is 91.6 Å². The van der Waals surface area contributed by atoms with Gasteiger partial charge in [-0.25, -0.2) is 5.09 Å². The van der Waals surface area contributed by atoms with E-state index in [2.05, 4.69) is 49.8 Å². The molecule has 218 valence electrons. The number of aliphatic hydroxyl groups is 1. The van der Waals surface area contributed by atoms with Crippen LogP contribution in [0.5, 0.6) is 5.75 Å². The Morgan fingerprint density at radius 3 is 2.18 bits per heavy atom. The second kappa shape index (κ2) is 15.5. The molecule has 0 bridgehead atoms. The molecule has 9 heteroatoms. The summed E-state index contributed by atoms with van der Waals surface area (Å²) in [6.45, 7) is 14.6. The fourth-order valence-electron chi connectivity index (χ4n) is 4.73. The molecule has 39 heavy (non-hydrogen) atoms. The third kappa shape index (κ3) is 10.0. The van der Waals surface area contributed by atoms with Crippen LogP contribution in [-0.2, 0) is 25.4 Å². The van der Waals surface area contributed by atoms with Crippen molar-refractivity contribution in [2.75, 3.05) is 20.0 Å². The summed E-state index contributed by atoms with van der Waals surface area (Å²) in [5.74, 6) is -0.198. The van der Waals surface area contributed by atoms with Crippen molar-refractivity contribution in [1.29, 1.82) is 0 Å². The Hall–Kier alpha value is -2.22. The lowest BCUT2D eigenvalue weighted by atomic mass is 9.86. The molecule has 0 radical (unpaired) electrons. The first-order valence-corrected chi connectivity index (χ1v) is 15.5. The van der Waals surface area contributed by atoms with Crippen LogP contribution < -0.4 is 9.61 Å². The zero-order valence-electron chi connectivity index (χ0n) is 24.7. The van der Waals surface area contributed by atoms with Crippen LogP contribution in [0.4, 0.5) is 0 Å². The first-order chi connectivity index (χ1) is 18.4. The Bertz CT molecular complexity index is 1070. The minimum atomic E-state index is -3.69. The average Bonchev–Trinajstić information content (AvgIpc) is 2.86. The molecule has 2 aromatic rings. The van der Waals surface area contributed by atoms with Gasteiger partial charge in [-0.05, 0) is 84.7 Å². The van der Waals surface area contributed by atoms with E-state index in [-0.39, 0.29) is 25.0 Å². The quantitative estimate of drug-likeness (QED) is 0.192. The van der Waals surface area contributed by atoms with Crippen LogP contribution in [0.25, 0.3) is 0 Å². The first kappa shape index (κ1) is 33.0. The molecule has 0 heterocycles. The predicted molar refractivity (Wildman–Crippen MR) is 156 cm³/mol. The van der Waals surface area contributed by atoms with Crippen LogP contribution in [0.2, 0.25) is 0 Å². The Kier molecular flexibility index (Phi) is 13.1. The maximum atomic E-state index is 14.0. The molecular formula is C30H47N2O6P. The summed E-state index contributed by atoms with van der Waals surface area (Å²) >= 11 is 0. The molecule has 8 nitrogen and oxygen atoms in total. The van der Waals surface area contributed by atoms with E-state index in [9.17, 15) is 14.5 Å². The number of nitrogens with one attached hydrogen (secondary N) is 1. The average molecular weight is 563 g/mol. The van der Waals surface area contributed by atoms with E-state index >= 15 is 0 Å². The molecule has 0 aliphatic carbocycles. The molecule has 0 aliphatic heterocycles. The summed E-state index contributed by atoms with van der Waals surface area (Å²) in [4.78, 5) is 14.9. The molecule has 3 atom stereocenters. The lowest BCUT2D eigenvalue weighted by Crippen LogP contribution is -2.38. The van der Waals surface area contributed by atoms with Crippen molar-refractivity contribution in [3.05, 3.63) is 65.2 Å². The van der Waals surface area contributed by atoms with Crippen LogP contribution in [0.1, 0.15) is 77.5 Å². The number of hydrogen-bond acceptors (Lipinski definition) is 7. The molecular weight excluding hydrogens is 515 g/mol. The summed E-state index contributed by atoms with van der Waals surface area (Å²) in [5.41, 5.74) is 2.63. The van der Waals surface area contributed by atoms with Crippen LogP contribution in [-0.4, -0.2) is 60.2 Å². The van der Waals surface area contributed by atoms with Gasteiger partial charge in [0.2, 0.25) is 0 Å². The van der Waals surface area contributed by atoms with Crippen molar-refractivity contribution in [3.63, 3.8) is 0 Å². The molecule has 2 aromatic carbocycles. The molecule has 0 saturated carbocycles. The SMILES string of the molecule is COCP(=O)(NC(C)C(=O)OC(C)C)Oc1ccc(CO)cc1C(CCN(C(C)C)C(C)C)c1ccccc1. The van der Waals surface area contributed by atoms with Gasteiger partial charge in [-0.3, -0.25) is 14.3 Å². The van der Waals surface area contributed by atoms with Crippen LogP contribution in [0, 0.1) is 0 Å². The molecule has 0 amide bonds. The lowest BCUT2D eigenvalue weighted by Gasteiger charge is -2.33. The smallest absolute Gasteiger partial charge is 0.342 e. The number of aliphatic hydroxyl groups excluding tert-OH is 1. The largest absolute Gasteiger partial charge is 0.462 e. The second-order valence-electron chi connectivity index (χ2n) is 10.7. The number of ether oxygens (including phenoxy) is 2. The van der Waals surface area contributed by atoms with Gasteiger partial charge in [-0.1, -0.05) is 36.4 Å². The standard InChI is InChI=1S/C30H47N2O6P/c1-21(2)32(22(3)4)17-16-27(26-12-10-9-11-13-26)28-18-25(19-33)14-15-29(28)38-39(35,20-36-8)31-24(7)30(34)37-23(5)6/h9-15,18,21-24,27,33H,16-17,19-20H2,1-8H3,(H,31,35). The fraction of sp³-hybridized carbons (Fsp3) is 0.567. The summed E-state index contributed by atoms with van der Waals surface area (Å²) in [6, 6.07) is 15.4. The molecule has 0 aromatic heterocycles. The highest BCUT2D eigenvalue weighted by molar-refractivity contribution is 7.57. The number of carbonyl (C=O) groups excluding carboxylic acids is 1. The second-order valence-corrected chi connectivity index (χ2v) is 12.8. The first-order valence-electron chi connectivity index (χ1n) is 13.7. The summed E-state index contributed by atoms with van der Waals surface area (Å²) in [7, 11) is -2.26. The molecule has 0 spiro atoms. The van der Waals surface area contributed by atoms with E-state index in [0.717, 1.165) is 29.7 Å². The van der Waals surface area contributed by atoms with Gasteiger partial charge in [0.25, 0.3) is 0 Å². The van der Waals surface area contributed by atoms with Gasteiger partial charge in [0.15, 0.2) is 0 Å². The van der Waals surface area contributed by atoms with Crippen LogP contribution >= 0.6 is 7.52 Å². The van der Waals surface area contributed by atoms with Gasteiger partial charge in [-0.15, -0.1) is 0 Å². The van der Waals surface area contributed by atoms with Gasteiger partial charge in [0, 0.05) is 30.7 Å². The van der Waals surface area contributed by atoms with E-state index in [1.807, 2.05) is 24.3 Å². The molecule has 0 fully saturated rings. The fourth-order valence-corrected chi connectivity index (χ4v) is 6.43. The molecule has 2 rings (SSSR count). The number of methoxy groups -OCH3 is 1. The number of carbonyl (C=O) groups is 1. The number of nitrogens with zero attached hydrogens (tertiary/aromatic N) is 1. The van der Waals surface area contributed by atoms with Crippen molar-refractivity contribution in [3.8, 4) is 5.75 Å². The third-order valence-electron chi connectivity index (χ3n) is 6.48. The highest BCUT2D eigenvalue weighted by Gasteiger charge is 2.33. The zero-order valence-corrected chi connectivity index (χ0v) is 25.6. The Balaban J connectivity index is 2.52. The van der Waals surface area contributed by atoms with Crippen LogP contribution in [0.3, 0.4) is 0 Å². The number of esters is 1. The van der Waals surface area contributed by atoms with E-state index in [1.54, 1.807) is 32.9 Å². The van der Waals surface area contributed by atoms with Crippen molar-refractivity contribution in [2.24, 2.45) is 0 Å². The lowest BCUT2D eigenvalue weighted by molar-refractivity contribution is -0.149. The minimum Gasteiger partial charge on any atom is -0.462 e. The maximum Gasteiger partial charge on any atom is 0.342 e. The minimum absolute atomic E-state index is 0.0907. The zero-order chi connectivity index (χ0) is 29.2. The molecule has 0 saturated heterocycles. The van der Waals surface area contributed by atoms with Crippen molar-refractivity contribution in [1.82, 2.24) is 9.99 Å². The highest BCUT2D eigenvalue weighted by Crippen LogP contribution is 2.47. The Labute approximate surface area is 234 Å². The summed E-state index contributed by atoms with van der Waals surface area (Å²) < 4.78 is 30.7. The van der Waals surface area contributed by atoms with Gasteiger partial charge < -0.3 is 19.1 Å². The Morgan fingerprint density at radius 1 is 1.00 bits per heavy atom. The summed E-state index contributed by atoms with van der Waals surface area (Å²) in [5, 5.41) is 12.8. The van der Waals surface area contributed by atoms with Crippen LogP contribution in [0.15, 0.2) is 48.5 Å². The van der Waals surface area contributed by atoms with Crippen molar-refractivity contribution >= 4 is 13.5 Å². The van der Waals surface area contributed by atoms with E-state index in [1.165, 1.54) is 7.11 Å². The number of rotatable bonds is 16. The van der Waals surface area contributed by atoms with Crippen molar-refractivity contribution < 1.29 is 28.5 Å². The van der Waals surface area contributed by atoms with Gasteiger partial charge >= 0.3 is 13.5 Å². The summed E-state index contributed by atoms with van der Waals surface area (Å²) in [6.07, 6.45) is 0.243. The number of benzene rings is 2. The van der Waals surface area contributed by atoms with Gasteiger partial charge in [0.1, 0.15) is 18.1 Å². The molecule has 2 N–H and O–H groups in total.